The van der Waals surface area contributed by atoms with Gasteiger partial charge in [-0.15, -0.1) is 0 Å². The number of esters is 2. The van der Waals surface area contributed by atoms with E-state index in [4.69, 9.17) is 15.3 Å². The van der Waals surface area contributed by atoms with Gasteiger partial charge in [0.25, 0.3) is 0 Å². The van der Waals surface area contributed by atoms with Crippen molar-refractivity contribution in [2.24, 2.45) is 62.5 Å². The molecule has 5 rings (SSSR count). The number of carbonyl (C=O) groups excluding carboxylic acids is 3. The summed E-state index contributed by atoms with van der Waals surface area (Å²) in [6.07, 6.45) is 11.5. The van der Waals surface area contributed by atoms with Crippen LogP contribution in [0, 0.1) is 56.7 Å². The predicted octanol–water partition coefficient (Wildman–Crippen LogP) is 6.89. The molecule has 242 valence electrons. The molecular weight excluding hydrogens is 540 g/mol. The highest BCUT2D eigenvalue weighted by Gasteiger charge is 2.71. The molecule has 5 aliphatic carbocycles. The van der Waals surface area contributed by atoms with Crippen molar-refractivity contribution >= 4 is 17.8 Å². The normalized spacial score (nSPS) is 44.6. The summed E-state index contributed by atoms with van der Waals surface area (Å²) in [7, 11) is 0. The van der Waals surface area contributed by atoms with Crippen LogP contribution in [0.4, 0.5) is 0 Å². The fourth-order valence-electron chi connectivity index (χ4n) is 12.5. The molecule has 0 heterocycles. The number of fused-ring (bicyclic) bond motifs is 7. The maximum atomic E-state index is 12.7. The average Bonchev–Trinajstić information content (AvgIpc) is 3.32. The SMILES string of the molecule is C=C(C)C1CC[C@]2(COC(=O)CCC(=O)NN)CC[C@]3(C)[C@H](CCC4[C@@]5(C)CC[C@H](OC(C)=O)C(C)(C)C5CC[C@]43C)C12. The number of amides is 1. The maximum Gasteiger partial charge on any atom is 0.306 e. The van der Waals surface area contributed by atoms with Gasteiger partial charge in [0, 0.05) is 24.2 Å². The molecule has 0 aromatic rings. The summed E-state index contributed by atoms with van der Waals surface area (Å²) < 4.78 is 11.9. The first kappa shape index (κ1) is 32.5. The molecule has 0 saturated heterocycles. The van der Waals surface area contributed by atoms with Gasteiger partial charge in [-0.3, -0.25) is 19.8 Å². The zero-order valence-corrected chi connectivity index (χ0v) is 28.0. The van der Waals surface area contributed by atoms with Crippen molar-refractivity contribution in [2.75, 3.05) is 6.61 Å². The first-order valence-electron chi connectivity index (χ1n) is 17.0. The molecule has 10 atom stereocenters. The third-order valence-electron chi connectivity index (χ3n) is 14.7. The number of allylic oxidation sites excluding steroid dienone is 1. The summed E-state index contributed by atoms with van der Waals surface area (Å²) in [5.74, 6) is 7.05. The number of hydrogen-bond acceptors (Lipinski definition) is 6. The molecule has 1 amide bonds. The highest BCUT2D eigenvalue weighted by molar-refractivity contribution is 5.80. The molecule has 0 spiro atoms. The fourth-order valence-corrected chi connectivity index (χ4v) is 12.5. The minimum atomic E-state index is -0.346. The van der Waals surface area contributed by atoms with Crippen LogP contribution in [0.3, 0.4) is 0 Å². The largest absolute Gasteiger partial charge is 0.465 e. The van der Waals surface area contributed by atoms with Crippen LogP contribution in [0.2, 0.25) is 0 Å². The molecule has 3 N–H and O–H groups in total. The number of hydrogen-bond donors (Lipinski definition) is 2. The highest BCUT2D eigenvalue weighted by Crippen LogP contribution is 2.77. The molecule has 0 radical (unpaired) electrons. The Balaban J connectivity index is 1.42. The van der Waals surface area contributed by atoms with Crippen LogP contribution in [0.15, 0.2) is 12.2 Å². The zero-order chi connectivity index (χ0) is 31.6. The second kappa shape index (κ2) is 11.2. The van der Waals surface area contributed by atoms with Crippen LogP contribution >= 0.6 is 0 Å². The van der Waals surface area contributed by atoms with E-state index >= 15 is 0 Å². The van der Waals surface area contributed by atoms with Gasteiger partial charge in [-0.25, -0.2) is 5.84 Å². The van der Waals surface area contributed by atoms with Crippen molar-refractivity contribution in [1.29, 1.82) is 0 Å². The quantitative estimate of drug-likeness (QED) is 0.109. The monoisotopic (exact) mass is 598 g/mol. The predicted molar refractivity (Wildman–Crippen MR) is 167 cm³/mol. The van der Waals surface area contributed by atoms with E-state index in [0.717, 1.165) is 38.5 Å². The van der Waals surface area contributed by atoms with Crippen molar-refractivity contribution in [3.8, 4) is 0 Å². The summed E-state index contributed by atoms with van der Waals surface area (Å²) >= 11 is 0. The molecule has 5 fully saturated rings. The first-order valence-corrected chi connectivity index (χ1v) is 17.0. The highest BCUT2D eigenvalue weighted by atomic mass is 16.5. The van der Waals surface area contributed by atoms with E-state index in [2.05, 4.69) is 53.5 Å². The number of rotatable bonds is 7. The Morgan fingerprint density at radius 3 is 2.21 bits per heavy atom. The lowest BCUT2D eigenvalue weighted by Gasteiger charge is -2.73. The van der Waals surface area contributed by atoms with E-state index in [0.29, 0.717) is 36.2 Å². The van der Waals surface area contributed by atoms with E-state index < -0.39 is 0 Å². The molecule has 0 aliphatic heterocycles. The summed E-state index contributed by atoms with van der Waals surface area (Å²) in [5.41, 5.74) is 3.98. The lowest BCUT2D eigenvalue weighted by molar-refractivity contribution is -0.252. The van der Waals surface area contributed by atoms with Crippen LogP contribution < -0.4 is 11.3 Å². The minimum absolute atomic E-state index is 0.00290. The molecular formula is C36H58N2O5. The number of carbonyl (C=O) groups is 3. The van der Waals surface area contributed by atoms with Gasteiger partial charge in [0.05, 0.1) is 13.0 Å². The lowest BCUT2D eigenvalue weighted by atomic mass is 9.32. The third kappa shape index (κ3) is 4.98. The fraction of sp³-hybridized carbons (Fsp3) is 0.861. The standard InChI is InChI=1S/C36H58N2O5/c1-22(2)24-13-18-36(21-42-30(41)12-11-29(40)38-37)20-19-34(7)25(31(24)36)9-10-27-33(6)16-15-28(43-23(3)39)32(4,5)26(33)14-17-35(27,34)8/h24-28,31H,1,9-21,37H2,2-8H3,(H,38,40)/t24?,25-,26?,27?,28+,31?,33+,34-,35-,36-/m1/s1. The summed E-state index contributed by atoms with van der Waals surface area (Å²) in [6, 6.07) is 0. The van der Waals surface area contributed by atoms with Gasteiger partial charge in [0.15, 0.2) is 0 Å². The Hall–Kier alpha value is -1.89. The van der Waals surface area contributed by atoms with E-state index in [1.807, 2.05) is 0 Å². The Morgan fingerprint density at radius 2 is 1.56 bits per heavy atom. The van der Waals surface area contributed by atoms with Crippen LogP contribution in [0.5, 0.6) is 0 Å². The molecule has 5 saturated carbocycles. The van der Waals surface area contributed by atoms with Gasteiger partial charge in [0.2, 0.25) is 5.91 Å². The van der Waals surface area contributed by atoms with Gasteiger partial charge in [0.1, 0.15) is 6.10 Å². The Bertz CT molecular complexity index is 1150. The zero-order valence-electron chi connectivity index (χ0n) is 28.0. The molecule has 5 aliphatic rings. The van der Waals surface area contributed by atoms with E-state index in [1.165, 1.54) is 31.3 Å². The summed E-state index contributed by atoms with van der Waals surface area (Å²) in [5, 5.41) is 0. The van der Waals surface area contributed by atoms with Gasteiger partial charge < -0.3 is 9.47 Å². The number of ether oxygens (including phenoxy) is 2. The maximum absolute atomic E-state index is 12.7. The van der Waals surface area contributed by atoms with E-state index in [9.17, 15) is 14.4 Å². The summed E-state index contributed by atoms with van der Waals surface area (Å²) in [6.45, 7) is 21.2. The van der Waals surface area contributed by atoms with Crippen molar-refractivity contribution in [2.45, 2.75) is 132 Å². The van der Waals surface area contributed by atoms with Crippen molar-refractivity contribution in [3.63, 3.8) is 0 Å². The van der Waals surface area contributed by atoms with Crippen LogP contribution in [-0.4, -0.2) is 30.6 Å². The molecule has 0 bridgehead atoms. The van der Waals surface area contributed by atoms with Crippen molar-refractivity contribution < 1.29 is 23.9 Å². The Labute approximate surface area is 259 Å². The second-order valence-corrected chi connectivity index (χ2v) is 16.7. The molecule has 43 heavy (non-hydrogen) atoms. The van der Waals surface area contributed by atoms with E-state index in [-0.39, 0.29) is 63.9 Å². The second-order valence-electron chi connectivity index (χ2n) is 16.7. The van der Waals surface area contributed by atoms with Gasteiger partial charge in [-0.05, 0) is 117 Å². The Morgan fingerprint density at radius 1 is 0.837 bits per heavy atom. The number of nitrogens with one attached hydrogen (secondary N) is 1. The van der Waals surface area contributed by atoms with Gasteiger partial charge in [-0.2, -0.15) is 0 Å². The molecule has 4 unspecified atom stereocenters. The van der Waals surface area contributed by atoms with E-state index in [1.54, 1.807) is 6.92 Å². The smallest absolute Gasteiger partial charge is 0.306 e. The van der Waals surface area contributed by atoms with Gasteiger partial charge >= 0.3 is 11.9 Å². The average molecular weight is 599 g/mol. The van der Waals surface area contributed by atoms with Crippen molar-refractivity contribution in [1.82, 2.24) is 5.43 Å². The third-order valence-corrected chi connectivity index (χ3v) is 14.7. The summed E-state index contributed by atoms with van der Waals surface area (Å²) in [4.78, 5) is 36.3. The number of nitrogens with two attached hydrogens (primary N) is 1. The van der Waals surface area contributed by atoms with Crippen LogP contribution in [-0.2, 0) is 23.9 Å². The number of hydrazine groups is 1. The molecule has 7 nitrogen and oxygen atoms in total. The lowest BCUT2D eigenvalue weighted by Crippen LogP contribution is -2.67. The minimum Gasteiger partial charge on any atom is -0.465 e. The molecule has 0 aromatic carbocycles. The van der Waals surface area contributed by atoms with Crippen LogP contribution in [0.25, 0.3) is 0 Å². The van der Waals surface area contributed by atoms with Gasteiger partial charge in [-0.1, -0.05) is 46.8 Å². The van der Waals surface area contributed by atoms with Crippen molar-refractivity contribution in [3.05, 3.63) is 12.2 Å². The molecule has 7 heteroatoms. The Kier molecular flexibility index (Phi) is 8.44. The topological polar surface area (TPSA) is 108 Å². The molecule has 0 aromatic heterocycles. The first-order chi connectivity index (χ1) is 20.1. The van der Waals surface area contributed by atoms with Crippen LogP contribution in [0.1, 0.15) is 126 Å².